The van der Waals surface area contributed by atoms with E-state index < -0.39 is 11.8 Å². The molecule has 1 atom stereocenters. The van der Waals surface area contributed by atoms with E-state index in [-0.39, 0.29) is 6.10 Å². The summed E-state index contributed by atoms with van der Waals surface area (Å²) in [6.45, 7) is 1.40. The Balaban J connectivity index is 1.50. The molecule has 1 fully saturated rings. The topological polar surface area (TPSA) is 98.2 Å². The number of hydrogen-bond donors (Lipinski definition) is 2. The summed E-state index contributed by atoms with van der Waals surface area (Å²) in [6, 6.07) is 13.1. The molecule has 9 heteroatoms. The van der Waals surface area contributed by atoms with Crippen molar-refractivity contribution in [3.63, 3.8) is 0 Å². The second-order valence-electron chi connectivity index (χ2n) is 6.87. The van der Waals surface area contributed by atoms with Gasteiger partial charge >= 0.3 is 11.8 Å². The van der Waals surface area contributed by atoms with Crippen molar-refractivity contribution in [1.29, 1.82) is 0 Å². The third kappa shape index (κ3) is 7.08. The molecule has 2 aromatic rings. The van der Waals surface area contributed by atoms with Crippen LogP contribution in [0.5, 0.6) is 11.5 Å². The SMILES string of the molecule is COc1cc(/C=N\NC(=O)C(=O)NC[C@@H]2CCCO2)ccc1OCc1ccc(Br)cc1. The number of rotatable bonds is 8. The number of ether oxygens (including phenoxy) is 3. The molecule has 2 amide bonds. The molecule has 1 aliphatic rings. The maximum atomic E-state index is 11.8. The lowest BCUT2D eigenvalue weighted by Gasteiger charge is -2.11. The van der Waals surface area contributed by atoms with E-state index in [4.69, 9.17) is 14.2 Å². The first-order valence-corrected chi connectivity index (χ1v) is 10.6. The Morgan fingerprint density at radius 1 is 1.19 bits per heavy atom. The molecular formula is C22H24BrN3O5. The van der Waals surface area contributed by atoms with E-state index in [1.807, 2.05) is 24.3 Å². The summed E-state index contributed by atoms with van der Waals surface area (Å²) in [5, 5.41) is 6.37. The average Bonchev–Trinajstić information content (AvgIpc) is 3.31. The summed E-state index contributed by atoms with van der Waals surface area (Å²) in [5.74, 6) is -0.473. The van der Waals surface area contributed by atoms with Crippen molar-refractivity contribution < 1.29 is 23.8 Å². The lowest BCUT2D eigenvalue weighted by Crippen LogP contribution is -2.41. The molecule has 1 saturated heterocycles. The standard InChI is InChI=1S/C22H24BrN3O5/c1-29-20-11-16(6-9-19(20)31-14-15-4-7-17(23)8-5-15)12-25-26-22(28)21(27)24-13-18-3-2-10-30-18/h4-9,11-12,18H,2-3,10,13-14H2,1H3,(H,24,27)(H,26,28)/b25-12-/t18-/m0/s1. The van der Waals surface area contributed by atoms with E-state index in [1.54, 1.807) is 25.3 Å². The van der Waals surface area contributed by atoms with Crippen LogP contribution < -0.4 is 20.2 Å². The van der Waals surface area contributed by atoms with Crippen LogP contribution in [-0.2, 0) is 20.9 Å². The minimum absolute atomic E-state index is 0.0304. The summed E-state index contributed by atoms with van der Waals surface area (Å²) in [7, 11) is 1.54. The van der Waals surface area contributed by atoms with Crippen LogP contribution in [0, 0.1) is 0 Å². The van der Waals surface area contributed by atoms with Crippen LogP contribution in [0.1, 0.15) is 24.0 Å². The molecule has 31 heavy (non-hydrogen) atoms. The van der Waals surface area contributed by atoms with Gasteiger partial charge in [-0.2, -0.15) is 5.10 Å². The van der Waals surface area contributed by atoms with Gasteiger partial charge in [0.1, 0.15) is 6.61 Å². The molecule has 2 aromatic carbocycles. The van der Waals surface area contributed by atoms with Crippen molar-refractivity contribution in [2.45, 2.75) is 25.6 Å². The molecule has 0 radical (unpaired) electrons. The number of hydrogen-bond acceptors (Lipinski definition) is 6. The van der Waals surface area contributed by atoms with Crippen molar-refractivity contribution in [2.24, 2.45) is 5.10 Å². The van der Waals surface area contributed by atoms with E-state index >= 15 is 0 Å². The molecule has 164 valence electrons. The molecule has 1 heterocycles. The number of hydrazone groups is 1. The number of carbonyl (C=O) groups excluding carboxylic acids is 2. The Morgan fingerprint density at radius 2 is 2.00 bits per heavy atom. The zero-order valence-electron chi connectivity index (χ0n) is 17.1. The second kappa shape index (κ2) is 11.5. The van der Waals surface area contributed by atoms with Crippen molar-refractivity contribution in [2.75, 3.05) is 20.3 Å². The smallest absolute Gasteiger partial charge is 0.329 e. The first-order valence-electron chi connectivity index (χ1n) is 9.83. The summed E-state index contributed by atoms with van der Waals surface area (Å²) in [6.07, 6.45) is 3.24. The fourth-order valence-corrected chi connectivity index (χ4v) is 3.20. The lowest BCUT2D eigenvalue weighted by atomic mass is 10.2. The zero-order chi connectivity index (χ0) is 22.1. The van der Waals surface area contributed by atoms with Gasteiger partial charge in [-0.05, 0) is 54.3 Å². The normalized spacial score (nSPS) is 15.6. The van der Waals surface area contributed by atoms with E-state index in [0.29, 0.717) is 36.8 Å². The van der Waals surface area contributed by atoms with Crippen LogP contribution in [0.25, 0.3) is 0 Å². The van der Waals surface area contributed by atoms with E-state index in [0.717, 1.165) is 22.9 Å². The maximum Gasteiger partial charge on any atom is 0.329 e. The number of halogens is 1. The molecule has 0 aromatic heterocycles. The number of carbonyl (C=O) groups is 2. The average molecular weight is 490 g/mol. The molecule has 0 unspecified atom stereocenters. The summed E-state index contributed by atoms with van der Waals surface area (Å²) < 4.78 is 17.6. The van der Waals surface area contributed by atoms with Gasteiger partial charge in [-0.1, -0.05) is 28.1 Å². The Morgan fingerprint density at radius 3 is 2.71 bits per heavy atom. The molecule has 2 N–H and O–H groups in total. The molecule has 3 rings (SSSR count). The molecule has 1 aliphatic heterocycles. The van der Waals surface area contributed by atoms with Gasteiger partial charge in [0.15, 0.2) is 11.5 Å². The predicted octanol–water partition coefficient (Wildman–Crippen LogP) is 2.78. The minimum atomic E-state index is -0.837. The fraction of sp³-hybridized carbons (Fsp3) is 0.318. The molecule has 0 bridgehead atoms. The third-order valence-corrected chi connectivity index (χ3v) is 5.12. The third-order valence-electron chi connectivity index (χ3n) is 4.60. The highest BCUT2D eigenvalue weighted by Gasteiger charge is 2.19. The van der Waals surface area contributed by atoms with Crippen LogP contribution in [0.4, 0.5) is 0 Å². The van der Waals surface area contributed by atoms with Gasteiger partial charge in [0, 0.05) is 17.6 Å². The predicted molar refractivity (Wildman–Crippen MR) is 119 cm³/mol. The summed E-state index contributed by atoms with van der Waals surface area (Å²) >= 11 is 3.40. The lowest BCUT2D eigenvalue weighted by molar-refractivity contribution is -0.139. The largest absolute Gasteiger partial charge is 0.493 e. The quantitative estimate of drug-likeness (QED) is 0.337. The van der Waals surface area contributed by atoms with Crippen LogP contribution in [0.3, 0.4) is 0 Å². The maximum absolute atomic E-state index is 11.8. The highest BCUT2D eigenvalue weighted by molar-refractivity contribution is 9.10. The van der Waals surface area contributed by atoms with Gasteiger partial charge in [-0.3, -0.25) is 9.59 Å². The first kappa shape index (κ1) is 22.8. The van der Waals surface area contributed by atoms with Crippen LogP contribution >= 0.6 is 15.9 Å². The highest BCUT2D eigenvalue weighted by Crippen LogP contribution is 2.28. The Bertz CT molecular complexity index is 927. The van der Waals surface area contributed by atoms with Crippen molar-refractivity contribution in [3.8, 4) is 11.5 Å². The molecular weight excluding hydrogens is 466 g/mol. The second-order valence-corrected chi connectivity index (χ2v) is 7.79. The van der Waals surface area contributed by atoms with Crippen LogP contribution in [0.15, 0.2) is 52.0 Å². The van der Waals surface area contributed by atoms with Gasteiger partial charge in [-0.25, -0.2) is 5.43 Å². The van der Waals surface area contributed by atoms with E-state index in [9.17, 15) is 9.59 Å². The number of methoxy groups -OCH3 is 1. The number of nitrogens with one attached hydrogen (secondary N) is 2. The Kier molecular flexibility index (Phi) is 8.43. The van der Waals surface area contributed by atoms with E-state index in [1.165, 1.54) is 6.21 Å². The molecule has 0 aliphatic carbocycles. The van der Waals surface area contributed by atoms with Crippen molar-refractivity contribution in [3.05, 3.63) is 58.1 Å². The van der Waals surface area contributed by atoms with Gasteiger partial charge in [-0.15, -0.1) is 0 Å². The zero-order valence-corrected chi connectivity index (χ0v) is 18.7. The van der Waals surface area contributed by atoms with Crippen molar-refractivity contribution in [1.82, 2.24) is 10.7 Å². The monoisotopic (exact) mass is 489 g/mol. The van der Waals surface area contributed by atoms with Crippen LogP contribution in [-0.4, -0.2) is 44.4 Å². The van der Waals surface area contributed by atoms with Gasteiger partial charge in [0.05, 0.1) is 19.4 Å². The molecule has 0 spiro atoms. The van der Waals surface area contributed by atoms with Gasteiger partial charge in [0.25, 0.3) is 0 Å². The molecule has 8 nitrogen and oxygen atoms in total. The Labute approximate surface area is 189 Å². The summed E-state index contributed by atoms with van der Waals surface area (Å²) in [4.78, 5) is 23.6. The van der Waals surface area contributed by atoms with E-state index in [2.05, 4.69) is 31.8 Å². The number of nitrogens with zero attached hydrogens (tertiary/aromatic N) is 1. The van der Waals surface area contributed by atoms with Gasteiger partial charge < -0.3 is 19.5 Å². The molecule has 0 saturated carbocycles. The number of benzene rings is 2. The first-order chi connectivity index (χ1) is 15.0. The summed E-state index contributed by atoms with van der Waals surface area (Å²) in [5.41, 5.74) is 3.91. The Hall–Kier alpha value is -2.91. The minimum Gasteiger partial charge on any atom is -0.493 e. The highest BCUT2D eigenvalue weighted by atomic mass is 79.9. The van der Waals surface area contributed by atoms with Crippen LogP contribution in [0.2, 0.25) is 0 Å². The fourth-order valence-electron chi connectivity index (χ4n) is 2.93. The van der Waals surface area contributed by atoms with Gasteiger partial charge in [0.2, 0.25) is 0 Å². The van der Waals surface area contributed by atoms with Crippen molar-refractivity contribution >= 4 is 34.0 Å². The number of amides is 2.